The Morgan fingerprint density at radius 3 is 1.95 bits per heavy atom. The van der Waals surface area contributed by atoms with Crippen molar-refractivity contribution < 1.29 is 4.79 Å². The van der Waals surface area contributed by atoms with Crippen LogP contribution in [-0.2, 0) is 4.79 Å². The predicted molar refractivity (Wildman–Crippen MR) is 88.1 cm³/mol. The Bertz CT molecular complexity index is 302. The molecule has 2 heterocycles. The van der Waals surface area contributed by atoms with Gasteiger partial charge in [0.15, 0.2) is 0 Å². The number of aldehydes is 1. The molecule has 3 heteroatoms. The molecule has 0 radical (unpaired) electrons. The fraction of sp³-hybridized carbons (Fsp3) is 0.944. The third-order valence-electron chi connectivity index (χ3n) is 5.62. The second-order valence-corrected chi connectivity index (χ2v) is 7.75. The molecule has 0 aromatic heterocycles. The van der Waals surface area contributed by atoms with E-state index in [4.69, 9.17) is 0 Å². The van der Waals surface area contributed by atoms with Gasteiger partial charge in [-0.3, -0.25) is 9.80 Å². The van der Waals surface area contributed by atoms with Crippen molar-refractivity contribution in [1.29, 1.82) is 0 Å². The molecule has 0 saturated carbocycles. The van der Waals surface area contributed by atoms with Crippen molar-refractivity contribution in [2.45, 2.75) is 52.9 Å². The summed E-state index contributed by atoms with van der Waals surface area (Å²) in [5.41, 5.74) is 0. The summed E-state index contributed by atoms with van der Waals surface area (Å²) >= 11 is 0. The van der Waals surface area contributed by atoms with Crippen LogP contribution in [0.15, 0.2) is 0 Å². The molecule has 0 amide bonds. The Kier molecular flexibility index (Phi) is 6.69. The zero-order valence-corrected chi connectivity index (χ0v) is 14.3. The van der Waals surface area contributed by atoms with E-state index in [-0.39, 0.29) is 5.92 Å². The Hall–Kier alpha value is -0.410. The minimum atomic E-state index is 0.247. The number of piperidine rings is 2. The molecule has 0 bridgehead atoms. The maximum absolute atomic E-state index is 10.8. The van der Waals surface area contributed by atoms with Crippen LogP contribution in [0.1, 0.15) is 52.9 Å². The SMILES string of the molecule is CC(C=O)CC1CCN(CN2CCC(C(C)C)CC2)CC1. The zero-order chi connectivity index (χ0) is 15.2. The van der Waals surface area contributed by atoms with E-state index < -0.39 is 0 Å². The average Bonchev–Trinajstić information content (AvgIpc) is 2.49. The van der Waals surface area contributed by atoms with Gasteiger partial charge in [0.1, 0.15) is 6.29 Å². The molecule has 0 aliphatic carbocycles. The summed E-state index contributed by atoms with van der Waals surface area (Å²) in [5, 5.41) is 0. The molecule has 0 aromatic carbocycles. The Morgan fingerprint density at radius 1 is 0.952 bits per heavy atom. The fourth-order valence-corrected chi connectivity index (χ4v) is 3.99. The van der Waals surface area contributed by atoms with Crippen LogP contribution in [0.4, 0.5) is 0 Å². The van der Waals surface area contributed by atoms with Gasteiger partial charge in [0.05, 0.1) is 6.67 Å². The first-order valence-electron chi connectivity index (χ1n) is 8.98. The minimum absolute atomic E-state index is 0.247. The van der Waals surface area contributed by atoms with Crippen molar-refractivity contribution in [3.8, 4) is 0 Å². The Balaban J connectivity index is 1.64. The lowest BCUT2D eigenvalue weighted by Gasteiger charge is -2.39. The maximum atomic E-state index is 10.8. The van der Waals surface area contributed by atoms with Crippen LogP contribution >= 0.6 is 0 Å². The number of hydrogen-bond acceptors (Lipinski definition) is 3. The number of nitrogens with zero attached hydrogens (tertiary/aromatic N) is 2. The number of carbonyl (C=O) groups excluding carboxylic acids is 1. The van der Waals surface area contributed by atoms with Gasteiger partial charge in [-0.2, -0.15) is 0 Å². The van der Waals surface area contributed by atoms with Crippen molar-refractivity contribution in [3.63, 3.8) is 0 Å². The van der Waals surface area contributed by atoms with Crippen LogP contribution in [0.25, 0.3) is 0 Å². The highest BCUT2D eigenvalue weighted by atomic mass is 16.1. The van der Waals surface area contributed by atoms with E-state index in [2.05, 4.69) is 30.6 Å². The monoisotopic (exact) mass is 294 g/mol. The molecule has 21 heavy (non-hydrogen) atoms. The van der Waals surface area contributed by atoms with Crippen LogP contribution in [0, 0.1) is 23.7 Å². The van der Waals surface area contributed by atoms with Gasteiger partial charge in [-0.15, -0.1) is 0 Å². The van der Waals surface area contributed by atoms with Crippen LogP contribution in [0.2, 0.25) is 0 Å². The summed E-state index contributed by atoms with van der Waals surface area (Å²) in [7, 11) is 0. The molecule has 1 unspecified atom stereocenters. The third-order valence-corrected chi connectivity index (χ3v) is 5.62. The van der Waals surface area contributed by atoms with Crippen LogP contribution < -0.4 is 0 Å². The number of likely N-dealkylation sites (tertiary alicyclic amines) is 2. The second-order valence-electron chi connectivity index (χ2n) is 7.75. The first-order valence-corrected chi connectivity index (χ1v) is 8.98. The highest BCUT2D eigenvalue weighted by Crippen LogP contribution is 2.26. The minimum Gasteiger partial charge on any atom is -0.303 e. The molecule has 0 spiro atoms. The van der Waals surface area contributed by atoms with Crippen LogP contribution in [-0.4, -0.2) is 48.9 Å². The molecule has 2 aliphatic heterocycles. The summed E-state index contributed by atoms with van der Waals surface area (Å²) in [4.78, 5) is 16.0. The third kappa shape index (κ3) is 5.37. The fourth-order valence-electron chi connectivity index (χ4n) is 3.99. The lowest BCUT2D eigenvalue weighted by Crippen LogP contribution is -2.45. The molecule has 0 N–H and O–H groups in total. The van der Waals surface area contributed by atoms with Crippen molar-refractivity contribution in [2.75, 3.05) is 32.8 Å². The summed E-state index contributed by atoms with van der Waals surface area (Å²) in [6.07, 6.45) is 7.53. The van der Waals surface area contributed by atoms with Gasteiger partial charge in [0.2, 0.25) is 0 Å². The Morgan fingerprint density at radius 2 is 1.48 bits per heavy atom. The molecule has 3 nitrogen and oxygen atoms in total. The summed E-state index contributed by atoms with van der Waals surface area (Å²) in [6.45, 7) is 13.0. The van der Waals surface area contributed by atoms with E-state index in [1.165, 1.54) is 58.5 Å². The maximum Gasteiger partial charge on any atom is 0.122 e. The van der Waals surface area contributed by atoms with Gasteiger partial charge >= 0.3 is 0 Å². The second kappa shape index (κ2) is 8.28. The normalized spacial score (nSPS) is 25.3. The van der Waals surface area contributed by atoms with Gasteiger partial charge in [0.25, 0.3) is 0 Å². The predicted octanol–water partition coefficient (Wildman–Crippen LogP) is 3.25. The quantitative estimate of drug-likeness (QED) is 0.703. The number of carbonyl (C=O) groups is 1. The molecule has 2 fully saturated rings. The molecule has 2 aliphatic rings. The molecule has 0 aromatic rings. The van der Waals surface area contributed by atoms with Crippen molar-refractivity contribution >= 4 is 6.29 Å². The molecule has 122 valence electrons. The van der Waals surface area contributed by atoms with Gasteiger partial charge < -0.3 is 4.79 Å². The van der Waals surface area contributed by atoms with E-state index in [0.29, 0.717) is 0 Å². The first kappa shape index (κ1) is 17.0. The molecular weight excluding hydrogens is 260 g/mol. The highest BCUT2D eigenvalue weighted by Gasteiger charge is 2.25. The van der Waals surface area contributed by atoms with E-state index >= 15 is 0 Å². The topological polar surface area (TPSA) is 23.6 Å². The Labute approximate surface area is 131 Å². The largest absolute Gasteiger partial charge is 0.303 e. The number of hydrogen-bond donors (Lipinski definition) is 0. The summed E-state index contributed by atoms with van der Waals surface area (Å²) in [5.74, 6) is 2.81. The van der Waals surface area contributed by atoms with E-state index in [1.54, 1.807) is 0 Å². The molecular formula is C18H34N2O. The first-order chi connectivity index (χ1) is 10.1. The van der Waals surface area contributed by atoms with Crippen molar-refractivity contribution in [3.05, 3.63) is 0 Å². The van der Waals surface area contributed by atoms with Gasteiger partial charge in [0, 0.05) is 5.92 Å². The lowest BCUT2D eigenvalue weighted by atomic mass is 9.86. The molecule has 2 saturated heterocycles. The average molecular weight is 294 g/mol. The van der Waals surface area contributed by atoms with Crippen molar-refractivity contribution in [1.82, 2.24) is 9.80 Å². The van der Waals surface area contributed by atoms with Gasteiger partial charge in [-0.25, -0.2) is 0 Å². The van der Waals surface area contributed by atoms with E-state index in [0.717, 1.165) is 30.5 Å². The standard InChI is InChI=1S/C18H34N2O/c1-15(2)18-6-10-20(11-7-18)14-19-8-4-17(5-9-19)12-16(3)13-21/h13,15-18H,4-12,14H2,1-3H3. The van der Waals surface area contributed by atoms with E-state index in [1.807, 2.05) is 0 Å². The summed E-state index contributed by atoms with van der Waals surface area (Å²) < 4.78 is 0. The lowest BCUT2D eigenvalue weighted by molar-refractivity contribution is -0.111. The van der Waals surface area contributed by atoms with Gasteiger partial charge in [-0.1, -0.05) is 20.8 Å². The van der Waals surface area contributed by atoms with Crippen LogP contribution in [0.3, 0.4) is 0 Å². The van der Waals surface area contributed by atoms with Gasteiger partial charge in [-0.05, 0) is 76.0 Å². The summed E-state index contributed by atoms with van der Waals surface area (Å²) in [6, 6.07) is 0. The molecule has 1 atom stereocenters. The van der Waals surface area contributed by atoms with Crippen LogP contribution in [0.5, 0.6) is 0 Å². The van der Waals surface area contributed by atoms with E-state index in [9.17, 15) is 4.79 Å². The molecule has 2 rings (SSSR count). The zero-order valence-electron chi connectivity index (χ0n) is 14.3. The highest BCUT2D eigenvalue weighted by molar-refractivity contribution is 5.52. The smallest absolute Gasteiger partial charge is 0.122 e. The number of rotatable bonds is 6. The van der Waals surface area contributed by atoms with Crippen molar-refractivity contribution in [2.24, 2.45) is 23.7 Å².